The maximum absolute atomic E-state index is 12.0. The predicted molar refractivity (Wildman–Crippen MR) is 96.6 cm³/mol. The largest absolute Gasteiger partial charge is 0.335 e. The molecule has 134 valence electrons. The van der Waals surface area contributed by atoms with E-state index < -0.39 is 6.03 Å². The van der Waals surface area contributed by atoms with E-state index >= 15 is 0 Å². The topological polar surface area (TPSA) is 74.8 Å². The number of urea groups is 1. The highest BCUT2D eigenvalue weighted by Crippen LogP contribution is 2.18. The maximum Gasteiger partial charge on any atom is 0.321 e. The zero-order valence-corrected chi connectivity index (χ0v) is 15.6. The Labute approximate surface area is 145 Å². The summed E-state index contributed by atoms with van der Waals surface area (Å²) in [7, 11) is 0. The van der Waals surface area contributed by atoms with Crippen LogP contribution in [0.4, 0.5) is 4.79 Å². The molecule has 0 radical (unpaired) electrons. The van der Waals surface area contributed by atoms with Crippen molar-refractivity contribution in [2.45, 2.75) is 59.5 Å². The van der Waals surface area contributed by atoms with Crippen molar-refractivity contribution >= 4 is 11.9 Å². The number of hydrogen-bond acceptors (Lipinski definition) is 2. The van der Waals surface area contributed by atoms with Crippen molar-refractivity contribution in [3.63, 3.8) is 0 Å². The zero-order valence-electron chi connectivity index (χ0n) is 15.6. The molecule has 0 heterocycles. The Balaban J connectivity index is 2.56. The van der Waals surface area contributed by atoms with Gasteiger partial charge in [-0.3, -0.25) is 10.1 Å². The van der Waals surface area contributed by atoms with Crippen molar-refractivity contribution in [3.05, 3.63) is 35.4 Å². The van der Waals surface area contributed by atoms with Crippen LogP contribution in [0.3, 0.4) is 0 Å². The average Bonchev–Trinajstić information content (AvgIpc) is 2.54. The van der Waals surface area contributed by atoms with Gasteiger partial charge in [0.05, 0.1) is 0 Å². The fraction of sp³-hybridized carbons (Fsp3) is 0.579. The highest BCUT2D eigenvalue weighted by molar-refractivity contribution is 5.94. The van der Waals surface area contributed by atoms with E-state index in [1.165, 1.54) is 11.1 Å². The van der Waals surface area contributed by atoms with Crippen LogP contribution in [0.15, 0.2) is 24.3 Å². The molecular formula is C19H32N3O2+. The summed E-state index contributed by atoms with van der Waals surface area (Å²) in [6.07, 6.45) is 1.85. The number of nitrogens with two attached hydrogens (primary N) is 1. The first-order valence-corrected chi connectivity index (χ1v) is 8.89. The van der Waals surface area contributed by atoms with Crippen LogP contribution in [0.2, 0.25) is 0 Å². The standard InChI is InChI=1S/C19H31N3O2/c1-6-14(5)21-19(24)22-17(23)12-20-18(13(3)4)16-10-8-15(7-2)9-11-16/h8-11,13-14,18,20H,6-7,12H2,1-5H3,(H2,21,22,23,24)/p+1/t14-,18+/m0/s1. The van der Waals surface area contributed by atoms with Gasteiger partial charge in [0.1, 0.15) is 6.04 Å². The smallest absolute Gasteiger partial charge is 0.321 e. The first kappa shape index (κ1) is 20.2. The third kappa shape index (κ3) is 6.71. The van der Waals surface area contributed by atoms with Crippen molar-refractivity contribution in [2.75, 3.05) is 6.54 Å². The van der Waals surface area contributed by atoms with Gasteiger partial charge in [-0.15, -0.1) is 0 Å². The highest BCUT2D eigenvalue weighted by atomic mass is 16.2. The zero-order chi connectivity index (χ0) is 18.1. The van der Waals surface area contributed by atoms with Crippen molar-refractivity contribution in [2.24, 2.45) is 5.92 Å². The van der Waals surface area contributed by atoms with Crippen LogP contribution >= 0.6 is 0 Å². The van der Waals surface area contributed by atoms with E-state index in [2.05, 4.69) is 55.7 Å². The summed E-state index contributed by atoms with van der Waals surface area (Å²) < 4.78 is 0. The number of carbonyl (C=O) groups excluding carboxylic acids is 2. The lowest BCUT2D eigenvalue weighted by molar-refractivity contribution is -0.692. The molecule has 5 nitrogen and oxygen atoms in total. The van der Waals surface area contributed by atoms with E-state index in [9.17, 15) is 9.59 Å². The van der Waals surface area contributed by atoms with Gasteiger partial charge in [-0.2, -0.15) is 0 Å². The average molecular weight is 334 g/mol. The first-order valence-electron chi connectivity index (χ1n) is 8.89. The number of nitrogens with one attached hydrogen (secondary N) is 2. The second-order valence-electron chi connectivity index (χ2n) is 6.64. The second kappa shape index (κ2) is 10.1. The van der Waals surface area contributed by atoms with Crippen molar-refractivity contribution in [1.82, 2.24) is 10.6 Å². The molecule has 0 aliphatic carbocycles. The van der Waals surface area contributed by atoms with Gasteiger partial charge in [0.15, 0.2) is 6.54 Å². The molecule has 3 amide bonds. The normalized spacial score (nSPS) is 13.4. The maximum atomic E-state index is 12.0. The Bertz CT molecular complexity index is 526. The number of carbonyl (C=O) groups is 2. The van der Waals surface area contributed by atoms with E-state index in [0.717, 1.165) is 12.8 Å². The van der Waals surface area contributed by atoms with Gasteiger partial charge < -0.3 is 10.6 Å². The van der Waals surface area contributed by atoms with E-state index in [1.807, 2.05) is 19.2 Å². The fourth-order valence-electron chi connectivity index (χ4n) is 2.54. The number of quaternary nitrogens is 1. The molecule has 4 N–H and O–H groups in total. The molecule has 24 heavy (non-hydrogen) atoms. The molecule has 0 spiro atoms. The number of benzene rings is 1. The van der Waals surface area contributed by atoms with Gasteiger partial charge in [0.25, 0.3) is 5.91 Å². The Morgan fingerprint density at radius 2 is 1.71 bits per heavy atom. The molecule has 0 saturated heterocycles. The first-order chi connectivity index (χ1) is 11.4. The van der Waals surface area contributed by atoms with E-state index in [4.69, 9.17) is 0 Å². The highest BCUT2D eigenvalue weighted by Gasteiger charge is 2.21. The molecule has 1 rings (SSSR count). The van der Waals surface area contributed by atoms with Crippen LogP contribution in [0, 0.1) is 5.92 Å². The van der Waals surface area contributed by atoms with Crippen LogP contribution in [0.1, 0.15) is 58.2 Å². The summed E-state index contributed by atoms with van der Waals surface area (Å²) in [5.41, 5.74) is 2.51. The molecule has 0 bridgehead atoms. The van der Waals surface area contributed by atoms with Crippen LogP contribution < -0.4 is 16.0 Å². The van der Waals surface area contributed by atoms with Gasteiger partial charge in [-0.05, 0) is 25.3 Å². The minimum Gasteiger partial charge on any atom is -0.335 e. The van der Waals surface area contributed by atoms with Gasteiger partial charge in [0.2, 0.25) is 0 Å². The van der Waals surface area contributed by atoms with Gasteiger partial charge >= 0.3 is 6.03 Å². The Hall–Kier alpha value is -1.88. The lowest BCUT2D eigenvalue weighted by atomic mass is 9.95. The number of amides is 3. The third-order valence-corrected chi connectivity index (χ3v) is 4.29. The fourth-order valence-corrected chi connectivity index (χ4v) is 2.54. The lowest BCUT2D eigenvalue weighted by Crippen LogP contribution is -2.88. The summed E-state index contributed by atoms with van der Waals surface area (Å²) in [6.45, 7) is 10.5. The molecule has 0 aliphatic rings. The molecular weight excluding hydrogens is 302 g/mol. The summed E-state index contributed by atoms with van der Waals surface area (Å²) in [5, 5.41) is 7.12. The molecule has 5 heteroatoms. The minimum absolute atomic E-state index is 0.0577. The van der Waals surface area contributed by atoms with Crippen LogP contribution in [0.25, 0.3) is 0 Å². The molecule has 0 fully saturated rings. The van der Waals surface area contributed by atoms with Crippen LogP contribution in [0.5, 0.6) is 0 Å². The summed E-state index contributed by atoms with van der Waals surface area (Å²) in [5.74, 6) is 0.117. The van der Waals surface area contributed by atoms with Crippen molar-refractivity contribution in [1.29, 1.82) is 0 Å². The van der Waals surface area contributed by atoms with Crippen LogP contribution in [-0.4, -0.2) is 24.5 Å². The molecule has 0 aromatic heterocycles. The molecule has 1 aromatic rings. The molecule has 0 unspecified atom stereocenters. The third-order valence-electron chi connectivity index (χ3n) is 4.29. The number of imide groups is 1. The number of rotatable bonds is 8. The van der Waals surface area contributed by atoms with Crippen molar-refractivity contribution < 1.29 is 14.9 Å². The number of hydrogen-bond donors (Lipinski definition) is 3. The van der Waals surface area contributed by atoms with Crippen molar-refractivity contribution in [3.8, 4) is 0 Å². The monoisotopic (exact) mass is 334 g/mol. The molecule has 1 aromatic carbocycles. The second-order valence-corrected chi connectivity index (χ2v) is 6.64. The van der Waals surface area contributed by atoms with Crippen LogP contribution in [-0.2, 0) is 11.2 Å². The summed E-state index contributed by atoms with van der Waals surface area (Å²) in [4.78, 5) is 23.7. The van der Waals surface area contributed by atoms with E-state index in [-0.39, 0.29) is 24.5 Å². The van der Waals surface area contributed by atoms with Gasteiger partial charge in [-0.1, -0.05) is 52.0 Å². The Morgan fingerprint density at radius 1 is 1.08 bits per heavy atom. The predicted octanol–water partition coefficient (Wildman–Crippen LogP) is 2.13. The Morgan fingerprint density at radius 3 is 2.21 bits per heavy atom. The summed E-state index contributed by atoms with van der Waals surface area (Å²) in [6, 6.07) is 8.37. The molecule has 0 aliphatic heterocycles. The summed E-state index contributed by atoms with van der Waals surface area (Å²) >= 11 is 0. The minimum atomic E-state index is -0.420. The molecule has 0 saturated carbocycles. The van der Waals surface area contributed by atoms with Gasteiger partial charge in [-0.25, -0.2) is 4.79 Å². The Kier molecular flexibility index (Phi) is 8.47. The lowest BCUT2D eigenvalue weighted by Gasteiger charge is -2.20. The quantitative estimate of drug-likeness (QED) is 0.681. The number of aryl methyl sites for hydroxylation is 1. The van der Waals surface area contributed by atoms with E-state index in [0.29, 0.717) is 5.92 Å². The van der Waals surface area contributed by atoms with Gasteiger partial charge in [0, 0.05) is 17.5 Å². The molecule has 2 atom stereocenters. The van der Waals surface area contributed by atoms with E-state index in [1.54, 1.807) is 0 Å². The SMILES string of the molecule is CCc1ccc([C@H]([NH2+]CC(=O)NC(=O)N[C@@H](C)CC)C(C)C)cc1.